The zero-order valence-electron chi connectivity index (χ0n) is 12.5. The smallest absolute Gasteiger partial charge is 0.243 e. The maximum atomic E-state index is 14.0. The number of halogens is 1. The lowest BCUT2D eigenvalue weighted by molar-refractivity contribution is 0.489. The molecule has 0 aliphatic heterocycles. The lowest BCUT2D eigenvalue weighted by Crippen LogP contribution is -2.29. The fraction of sp³-hybridized carbons (Fsp3) is 0.600. The average Bonchev–Trinajstić information content (AvgIpc) is 3.27. The van der Waals surface area contributed by atoms with E-state index in [0.717, 1.165) is 24.9 Å². The van der Waals surface area contributed by atoms with Gasteiger partial charge < -0.3 is 5.32 Å². The molecule has 1 aromatic carbocycles. The predicted octanol–water partition coefficient (Wildman–Crippen LogP) is 2.26. The van der Waals surface area contributed by atoms with Crippen molar-refractivity contribution in [2.45, 2.75) is 38.1 Å². The number of nitrogens with one attached hydrogen (secondary N) is 2. The van der Waals surface area contributed by atoms with Crippen LogP contribution in [0, 0.1) is 17.7 Å². The van der Waals surface area contributed by atoms with Crippen LogP contribution in [0.25, 0.3) is 0 Å². The summed E-state index contributed by atoms with van der Waals surface area (Å²) in [6.45, 7) is 5.66. The van der Waals surface area contributed by atoms with Crippen LogP contribution >= 0.6 is 0 Å². The van der Waals surface area contributed by atoms with Crippen LogP contribution in [0.1, 0.15) is 32.3 Å². The second-order valence-corrected chi connectivity index (χ2v) is 7.45. The van der Waals surface area contributed by atoms with E-state index in [9.17, 15) is 12.8 Å². The van der Waals surface area contributed by atoms with Crippen molar-refractivity contribution < 1.29 is 12.8 Å². The van der Waals surface area contributed by atoms with E-state index in [1.54, 1.807) is 6.07 Å². The summed E-state index contributed by atoms with van der Waals surface area (Å²) in [5, 5.41) is 3.08. The second kappa shape index (κ2) is 6.85. The number of rotatable bonds is 8. The van der Waals surface area contributed by atoms with Crippen molar-refractivity contribution in [3.8, 4) is 0 Å². The van der Waals surface area contributed by atoms with Gasteiger partial charge in [0.25, 0.3) is 0 Å². The molecule has 0 bridgehead atoms. The van der Waals surface area contributed by atoms with Crippen LogP contribution in [0.5, 0.6) is 0 Å². The zero-order valence-corrected chi connectivity index (χ0v) is 13.3. The van der Waals surface area contributed by atoms with Gasteiger partial charge in [-0.15, -0.1) is 0 Å². The maximum Gasteiger partial charge on any atom is 0.243 e. The Morgan fingerprint density at radius 3 is 2.67 bits per heavy atom. The zero-order chi connectivity index (χ0) is 15.5. The molecular weight excluding hydrogens is 291 g/mol. The van der Waals surface area contributed by atoms with Crippen LogP contribution in [0.4, 0.5) is 4.39 Å². The van der Waals surface area contributed by atoms with Crippen LogP contribution in [-0.2, 0) is 16.6 Å². The summed E-state index contributed by atoms with van der Waals surface area (Å²) in [5.74, 6) is 0.216. The molecule has 1 aliphatic carbocycles. The molecule has 1 aliphatic rings. The van der Waals surface area contributed by atoms with Gasteiger partial charge in [0.1, 0.15) is 10.7 Å². The highest BCUT2D eigenvalue weighted by Gasteiger charge is 2.29. The maximum absolute atomic E-state index is 14.0. The van der Waals surface area contributed by atoms with E-state index in [1.165, 1.54) is 12.1 Å². The SMILES string of the molecule is CCNCc1ccc(S(=O)(=O)NCC(C)C2CC2)c(F)c1. The Bertz CT molecular complexity index is 585. The normalized spacial score (nSPS) is 16.9. The molecular formula is C15H23FN2O2S. The number of benzene rings is 1. The van der Waals surface area contributed by atoms with E-state index >= 15 is 0 Å². The van der Waals surface area contributed by atoms with Gasteiger partial charge in [0.2, 0.25) is 10.0 Å². The minimum Gasteiger partial charge on any atom is -0.313 e. The molecule has 1 aromatic rings. The molecule has 2 N–H and O–H groups in total. The molecule has 1 saturated carbocycles. The van der Waals surface area contributed by atoms with Gasteiger partial charge in [0.05, 0.1) is 0 Å². The molecule has 4 nitrogen and oxygen atoms in total. The summed E-state index contributed by atoms with van der Waals surface area (Å²) in [4.78, 5) is -0.272. The third-order valence-electron chi connectivity index (χ3n) is 3.89. The summed E-state index contributed by atoms with van der Waals surface area (Å²) in [7, 11) is -3.77. The van der Waals surface area contributed by atoms with Crippen LogP contribution in [0.3, 0.4) is 0 Å². The monoisotopic (exact) mass is 314 g/mol. The Balaban J connectivity index is 2.04. The average molecular weight is 314 g/mol. The van der Waals surface area contributed by atoms with Crippen LogP contribution in [0.2, 0.25) is 0 Å². The van der Waals surface area contributed by atoms with E-state index in [1.807, 2.05) is 13.8 Å². The van der Waals surface area contributed by atoms with Crippen molar-refractivity contribution in [2.24, 2.45) is 11.8 Å². The van der Waals surface area contributed by atoms with Crippen molar-refractivity contribution in [1.29, 1.82) is 0 Å². The fourth-order valence-corrected chi connectivity index (χ4v) is 3.49. The molecule has 118 valence electrons. The van der Waals surface area contributed by atoms with Gasteiger partial charge in [-0.1, -0.05) is 19.9 Å². The van der Waals surface area contributed by atoms with Crippen LogP contribution in [0.15, 0.2) is 23.1 Å². The molecule has 1 unspecified atom stereocenters. The molecule has 0 amide bonds. The van der Waals surface area contributed by atoms with E-state index in [4.69, 9.17) is 0 Å². The minimum atomic E-state index is -3.77. The highest BCUT2D eigenvalue weighted by Crippen LogP contribution is 2.36. The molecule has 6 heteroatoms. The van der Waals surface area contributed by atoms with Crippen molar-refractivity contribution >= 4 is 10.0 Å². The summed E-state index contributed by atoms with van der Waals surface area (Å²) in [6, 6.07) is 4.26. The van der Waals surface area contributed by atoms with Gasteiger partial charge in [0, 0.05) is 13.1 Å². The first kappa shape index (κ1) is 16.4. The third kappa shape index (κ3) is 4.49. The molecule has 0 radical (unpaired) electrons. The van der Waals surface area contributed by atoms with Crippen molar-refractivity contribution in [1.82, 2.24) is 10.0 Å². The molecule has 1 atom stereocenters. The summed E-state index contributed by atoms with van der Waals surface area (Å²) in [6.07, 6.45) is 2.33. The first-order valence-electron chi connectivity index (χ1n) is 7.43. The molecule has 0 saturated heterocycles. The Morgan fingerprint density at radius 2 is 2.10 bits per heavy atom. The van der Waals surface area contributed by atoms with Gasteiger partial charge in [0.15, 0.2) is 0 Å². The first-order valence-corrected chi connectivity index (χ1v) is 8.91. The topological polar surface area (TPSA) is 58.2 Å². The van der Waals surface area contributed by atoms with Gasteiger partial charge >= 0.3 is 0 Å². The highest BCUT2D eigenvalue weighted by molar-refractivity contribution is 7.89. The molecule has 0 heterocycles. The van der Waals surface area contributed by atoms with E-state index in [-0.39, 0.29) is 4.90 Å². The number of sulfonamides is 1. The largest absolute Gasteiger partial charge is 0.313 e. The van der Waals surface area contributed by atoms with E-state index in [0.29, 0.717) is 24.9 Å². The van der Waals surface area contributed by atoms with E-state index < -0.39 is 15.8 Å². The molecule has 1 fully saturated rings. The van der Waals surface area contributed by atoms with Crippen LogP contribution in [-0.4, -0.2) is 21.5 Å². The quantitative estimate of drug-likeness (QED) is 0.774. The van der Waals surface area contributed by atoms with Gasteiger partial charge in [-0.05, 0) is 48.9 Å². The predicted molar refractivity (Wildman–Crippen MR) is 80.9 cm³/mol. The number of hydrogen-bond donors (Lipinski definition) is 2. The standard InChI is InChI=1S/C15H23FN2O2S/c1-3-17-10-12-4-7-15(14(16)8-12)21(19,20)18-9-11(2)13-5-6-13/h4,7-8,11,13,17-18H,3,5-6,9-10H2,1-2H3. The molecule has 0 spiro atoms. The fourth-order valence-electron chi connectivity index (χ4n) is 2.29. The van der Waals surface area contributed by atoms with E-state index in [2.05, 4.69) is 10.0 Å². The number of hydrogen-bond acceptors (Lipinski definition) is 3. The lowest BCUT2D eigenvalue weighted by Gasteiger charge is -2.13. The second-order valence-electron chi connectivity index (χ2n) is 5.71. The minimum absolute atomic E-state index is 0.272. The highest BCUT2D eigenvalue weighted by atomic mass is 32.2. The van der Waals surface area contributed by atoms with Crippen molar-refractivity contribution in [3.63, 3.8) is 0 Å². The molecule has 0 aromatic heterocycles. The summed E-state index contributed by atoms with van der Waals surface area (Å²) in [5.41, 5.74) is 0.736. The Hall–Kier alpha value is -0.980. The summed E-state index contributed by atoms with van der Waals surface area (Å²) < 4.78 is 40.9. The Labute approximate surface area is 126 Å². The summed E-state index contributed by atoms with van der Waals surface area (Å²) >= 11 is 0. The molecule has 2 rings (SSSR count). The Kier molecular flexibility index (Phi) is 5.35. The van der Waals surface area contributed by atoms with Gasteiger partial charge in [-0.2, -0.15) is 0 Å². The third-order valence-corrected chi connectivity index (χ3v) is 5.34. The van der Waals surface area contributed by atoms with Crippen LogP contribution < -0.4 is 10.0 Å². The molecule has 21 heavy (non-hydrogen) atoms. The Morgan fingerprint density at radius 1 is 1.38 bits per heavy atom. The first-order chi connectivity index (χ1) is 9.94. The van der Waals surface area contributed by atoms with Crippen molar-refractivity contribution in [2.75, 3.05) is 13.1 Å². The van der Waals surface area contributed by atoms with Crippen molar-refractivity contribution in [3.05, 3.63) is 29.6 Å². The lowest BCUT2D eigenvalue weighted by atomic mass is 10.1. The van der Waals surface area contributed by atoms with Gasteiger partial charge in [-0.25, -0.2) is 17.5 Å². The van der Waals surface area contributed by atoms with Gasteiger partial charge in [-0.3, -0.25) is 0 Å².